The lowest BCUT2D eigenvalue weighted by Crippen LogP contribution is -2.49. The number of carbonyl (C=O) groups is 1. The van der Waals surface area contributed by atoms with Gasteiger partial charge in [0.2, 0.25) is 0 Å². The Kier molecular flexibility index (Phi) is 5.74. The number of benzene rings is 2. The first-order valence-electron chi connectivity index (χ1n) is 10.4. The smallest absolute Gasteiger partial charge is 0.349 e. The average Bonchev–Trinajstić information content (AvgIpc) is 2.79. The van der Waals surface area contributed by atoms with Crippen molar-refractivity contribution in [3.63, 3.8) is 0 Å². The number of piperazine rings is 1. The van der Waals surface area contributed by atoms with E-state index in [4.69, 9.17) is 9.15 Å². The van der Waals surface area contributed by atoms with Gasteiger partial charge in [0.1, 0.15) is 5.56 Å². The summed E-state index contributed by atoms with van der Waals surface area (Å²) >= 11 is 0. The fourth-order valence-corrected chi connectivity index (χ4v) is 3.82. The molecule has 1 aromatic heterocycles. The van der Waals surface area contributed by atoms with Crippen molar-refractivity contribution in [2.24, 2.45) is 0 Å². The molecular formula is C24H26N2O4. The number of ether oxygens (including phenoxy) is 1. The summed E-state index contributed by atoms with van der Waals surface area (Å²) in [6.07, 6.45) is 1.02. The molecule has 0 spiro atoms. The third-order valence-electron chi connectivity index (χ3n) is 5.53. The van der Waals surface area contributed by atoms with E-state index in [2.05, 4.69) is 36.1 Å². The standard InChI is InChI=1S/C24H26N2O4/c1-3-17-8-10-19(11-9-17)25-12-14-26(15-13-25)23(27)20-16-18-6-5-7-21(29-4-2)22(18)30-24(20)28/h5-11,16H,3-4,12-15H2,1-2H3. The normalized spacial score (nSPS) is 14.2. The highest BCUT2D eigenvalue weighted by Gasteiger charge is 2.25. The first kappa shape index (κ1) is 20.0. The highest BCUT2D eigenvalue weighted by molar-refractivity contribution is 5.97. The molecule has 0 aliphatic carbocycles. The second kappa shape index (κ2) is 8.61. The molecule has 0 unspecified atom stereocenters. The SMILES string of the molecule is CCOc1cccc2cc(C(=O)N3CCN(c4ccc(CC)cc4)CC3)c(=O)oc12. The van der Waals surface area contributed by atoms with Crippen LogP contribution in [0.5, 0.6) is 5.75 Å². The Bertz CT molecular complexity index is 1100. The van der Waals surface area contributed by atoms with Crippen LogP contribution in [-0.4, -0.2) is 43.6 Å². The molecule has 2 aromatic carbocycles. The molecule has 1 saturated heterocycles. The molecule has 1 amide bonds. The fraction of sp³-hybridized carbons (Fsp3) is 0.333. The van der Waals surface area contributed by atoms with Crippen molar-refractivity contribution in [1.82, 2.24) is 4.90 Å². The Balaban J connectivity index is 1.50. The summed E-state index contributed by atoms with van der Waals surface area (Å²) in [7, 11) is 0. The summed E-state index contributed by atoms with van der Waals surface area (Å²) in [5.41, 5.74) is 2.28. The molecule has 156 valence electrons. The number of nitrogens with zero attached hydrogens (tertiary/aromatic N) is 2. The number of fused-ring (bicyclic) bond motifs is 1. The Morgan fingerprint density at radius 2 is 1.77 bits per heavy atom. The molecule has 30 heavy (non-hydrogen) atoms. The van der Waals surface area contributed by atoms with Gasteiger partial charge in [0.15, 0.2) is 11.3 Å². The van der Waals surface area contributed by atoms with Gasteiger partial charge in [-0.3, -0.25) is 4.79 Å². The van der Waals surface area contributed by atoms with Gasteiger partial charge in [0.25, 0.3) is 5.91 Å². The van der Waals surface area contributed by atoms with Crippen LogP contribution in [0.1, 0.15) is 29.8 Å². The molecule has 1 aliphatic rings. The van der Waals surface area contributed by atoms with Crippen molar-refractivity contribution < 1.29 is 13.9 Å². The Hall–Kier alpha value is -3.28. The maximum atomic E-state index is 13.0. The predicted octanol–water partition coefficient (Wildman–Crippen LogP) is 3.72. The molecule has 6 nitrogen and oxygen atoms in total. The lowest BCUT2D eigenvalue weighted by atomic mass is 10.1. The van der Waals surface area contributed by atoms with Crippen LogP contribution in [0.2, 0.25) is 0 Å². The van der Waals surface area contributed by atoms with Crippen LogP contribution >= 0.6 is 0 Å². The summed E-state index contributed by atoms with van der Waals surface area (Å²) in [4.78, 5) is 29.5. The van der Waals surface area contributed by atoms with Crippen molar-refractivity contribution in [2.75, 3.05) is 37.7 Å². The summed E-state index contributed by atoms with van der Waals surface area (Å²) in [5, 5.41) is 0.679. The molecule has 0 bridgehead atoms. The van der Waals surface area contributed by atoms with Gasteiger partial charge in [0, 0.05) is 37.3 Å². The molecule has 0 saturated carbocycles. The van der Waals surface area contributed by atoms with Gasteiger partial charge in [0.05, 0.1) is 6.61 Å². The minimum absolute atomic E-state index is 0.0666. The quantitative estimate of drug-likeness (QED) is 0.605. The molecule has 4 rings (SSSR count). The first-order chi connectivity index (χ1) is 14.6. The van der Waals surface area contributed by atoms with E-state index >= 15 is 0 Å². The summed E-state index contributed by atoms with van der Waals surface area (Å²) < 4.78 is 11.0. The molecule has 1 aliphatic heterocycles. The van der Waals surface area contributed by atoms with Crippen LogP contribution in [0.15, 0.2) is 57.7 Å². The van der Waals surface area contributed by atoms with Crippen molar-refractivity contribution in [2.45, 2.75) is 20.3 Å². The second-order valence-corrected chi connectivity index (χ2v) is 7.35. The van der Waals surface area contributed by atoms with Crippen LogP contribution in [0.3, 0.4) is 0 Å². The molecule has 0 radical (unpaired) electrons. The molecule has 1 fully saturated rings. The van der Waals surface area contributed by atoms with E-state index < -0.39 is 5.63 Å². The molecule has 0 atom stereocenters. The summed E-state index contributed by atoms with van der Waals surface area (Å²) in [5.74, 6) is 0.224. The van der Waals surface area contributed by atoms with Crippen LogP contribution < -0.4 is 15.3 Å². The maximum Gasteiger partial charge on any atom is 0.349 e. The van der Waals surface area contributed by atoms with E-state index in [1.165, 1.54) is 5.56 Å². The Morgan fingerprint density at radius 1 is 1.03 bits per heavy atom. The summed E-state index contributed by atoms with van der Waals surface area (Å²) in [6.45, 7) is 7.05. The molecular weight excluding hydrogens is 380 g/mol. The number of anilines is 1. The Morgan fingerprint density at radius 3 is 2.43 bits per heavy atom. The van der Waals surface area contributed by atoms with Gasteiger partial charge in [-0.1, -0.05) is 31.2 Å². The number of amides is 1. The summed E-state index contributed by atoms with van der Waals surface area (Å²) in [6, 6.07) is 15.5. The molecule has 3 aromatic rings. The van der Waals surface area contributed by atoms with Crippen LogP contribution in [0.4, 0.5) is 5.69 Å². The van der Waals surface area contributed by atoms with Gasteiger partial charge in [-0.2, -0.15) is 0 Å². The zero-order valence-electron chi connectivity index (χ0n) is 17.4. The molecule has 0 N–H and O–H groups in total. The fourth-order valence-electron chi connectivity index (χ4n) is 3.82. The number of rotatable bonds is 5. The zero-order valence-corrected chi connectivity index (χ0v) is 17.4. The van der Waals surface area contributed by atoms with E-state index in [0.717, 1.165) is 25.2 Å². The van der Waals surface area contributed by atoms with E-state index in [1.807, 2.05) is 19.1 Å². The highest BCUT2D eigenvalue weighted by Crippen LogP contribution is 2.25. The lowest BCUT2D eigenvalue weighted by Gasteiger charge is -2.36. The molecule has 2 heterocycles. The number of hydrogen-bond donors (Lipinski definition) is 0. The minimum Gasteiger partial charge on any atom is -0.490 e. The van der Waals surface area contributed by atoms with Gasteiger partial charge in [-0.25, -0.2) is 4.79 Å². The zero-order chi connectivity index (χ0) is 21.1. The lowest BCUT2D eigenvalue weighted by molar-refractivity contribution is 0.0742. The van der Waals surface area contributed by atoms with Gasteiger partial charge >= 0.3 is 5.63 Å². The van der Waals surface area contributed by atoms with Crippen molar-refractivity contribution >= 4 is 22.6 Å². The van der Waals surface area contributed by atoms with E-state index in [0.29, 0.717) is 36.4 Å². The topological polar surface area (TPSA) is 63.0 Å². The van der Waals surface area contributed by atoms with Crippen molar-refractivity contribution in [3.8, 4) is 5.75 Å². The predicted molar refractivity (Wildman–Crippen MR) is 118 cm³/mol. The molecule has 6 heteroatoms. The van der Waals surface area contributed by atoms with Crippen LogP contribution in [0, 0.1) is 0 Å². The number of hydrogen-bond acceptors (Lipinski definition) is 5. The van der Waals surface area contributed by atoms with Crippen LogP contribution in [-0.2, 0) is 6.42 Å². The van der Waals surface area contributed by atoms with E-state index in [-0.39, 0.29) is 11.5 Å². The van der Waals surface area contributed by atoms with Crippen molar-refractivity contribution in [1.29, 1.82) is 0 Å². The number of carbonyl (C=O) groups excluding carboxylic acids is 1. The number of para-hydroxylation sites is 1. The average molecular weight is 406 g/mol. The van der Waals surface area contributed by atoms with Gasteiger partial charge in [-0.15, -0.1) is 0 Å². The van der Waals surface area contributed by atoms with Gasteiger partial charge in [-0.05, 0) is 43.2 Å². The highest BCUT2D eigenvalue weighted by atomic mass is 16.5. The maximum absolute atomic E-state index is 13.0. The van der Waals surface area contributed by atoms with Crippen molar-refractivity contribution in [3.05, 3.63) is 70.1 Å². The second-order valence-electron chi connectivity index (χ2n) is 7.35. The minimum atomic E-state index is -0.628. The van der Waals surface area contributed by atoms with Crippen LogP contribution in [0.25, 0.3) is 11.0 Å². The van der Waals surface area contributed by atoms with Gasteiger partial charge < -0.3 is 19.0 Å². The monoisotopic (exact) mass is 406 g/mol. The largest absolute Gasteiger partial charge is 0.490 e. The van der Waals surface area contributed by atoms with E-state index in [1.54, 1.807) is 17.0 Å². The Labute approximate surface area is 175 Å². The number of aryl methyl sites for hydroxylation is 1. The first-order valence-corrected chi connectivity index (χ1v) is 10.4. The third kappa shape index (κ3) is 3.90. The van der Waals surface area contributed by atoms with E-state index in [9.17, 15) is 9.59 Å². The third-order valence-corrected chi connectivity index (χ3v) is 5.53.